The van der Waals surface area contributed by atoms with E-state index in [1.165, 1.54) is 0 Å². The van der Waals surface area contributed by atoms with Crippen molar-refractivity contribution in [3.63, 3.8) is 0 Å². The lowest BCUT2D eigenvalue weighted by atomic mass is 10.1. The lowest BCUT2D eigenvalue weighted by Gasteiger charge is -2.11. The summed E-state index contributed by atoms with van der Waals surface area (Å²) < 4.78 is 11.1. The summed E-state index contributed by atoms with van der Waals surface area (Å²) in [5.41, 5.74) is 3.04. The smallest absolute Gasteiger partial charge is 0.256 e. The summed E-state index contributed by atoms with van der Waals surface area (Å²) >= 11 is 0. The van der Waals surface area contributed by atoms with E-state index in [0.717, 1.165) is 16.5 Å². The topological polar surface area (TPSA) is 68.3 Å². The fourth-order valence-electron chi connectivity index (χ4n) is 2.74. The van der Waals surface area contributed by atoms with Crippen molar-refractivity contribution in [1.82, 2.24) is 15.1 Å². The van der Waals surface area contributed by atoms with Crippen LogP contribution < -0.4 is 4.74 Å². The largest absolute Gasteiger partial charge is 0.502 e. The lowest BCUT2D eigenvalue weighted by molar-refractivity contribution is 0.244. The van der Waals surface area contributed by atoms with Crippen molar-refractivity contribution >= 4 is 16.6 Å². The molecule has 0 radical (unpaired) electrons. The summed E-state index contributed by atoms with van der Waals surface area (Å²) in [4.78, 5) is 11.2. The van der Waals surface area contributed by atoms with Gasteiger partial charge in [-0.3, -0.25) is 0 Å². The predicted octanol–water partition coefficient (Wildman–Crippen LogP) is 5.22. The van der Waals surface area contributed by atoms with Crippen LogP contribution in [0.25, 0.3) is 38.6 Å². The van der Waals surface area contributed by atoms with E-state index in [-0.39, 0.29) is 6.10 Å². The van der Waals surface area contributed by atoms with Crippen LogP contribution in [0.4, 0.5) is 5.69 Å². The van der Waals surface area contributed by atoms with Crippen LogP contribution in [0.5, 0.6) is 5.75 Å². The van der Waals surface area contributed by atoms with E-state index in [2.05, 4.69) is 20.0 Å². The Balaban J connectivity index is 1.68. The number of aromatic amines is 1. The molecule has 6 nitrogen and oxygen atoms in total. The van der Waals surface area contributed by atoms with Gasteiger partial charge in [-0.2, -0.15) is 4.98 Å². The van der Waals surface area contributed by atoms with E-state index >= 15 is 0 Å². The zero-order chi connectivity index (χ0) is 18.1. The zero-order valence-electron chi connectivity index (χ0n) is 14.4. The van der Waals surface area contributed by atoms with Gasteiger partial charge in [0.25, 0.3) is 5.89 Å². The number of hydrogen-bond donors (Lipinski definition) is 1. The van der Waals surface area contributed by atoms with Crippen molar-refractivity contribution in [2.45, 2.75) is 20.0 Å². The second kappa shape index (κ2) is 6.37. The summed E-state index contributed by atoms with van der Waals surface area (Å²) in [5, 5.41) is 5.16. The first-order valence-electron chi connectivity index (χ1n) is 8.24. The van der Waals surface area contributed by atoms with Gasteiger partial charge in [0, 0.05) is 28.2 Å². The van der Waals surface area contributed by atoms with Gasteiger partial charge in [0.05, 0.1) is 12.7 Å². The van der Waals surface area contributed by atoms with Crippen LogP contribution in [0, 0.1) is 6.57 Å². The molecule has 0 saturated heterocycles. The molecule has 0 amide bonds. The molecular weight excluding hydrogens is 328 g/mol. The molecule has 1 N–H and O–H groups in total. The van der Waals surface area contributed by atoms with Crippen molar-refractivity contribution in [2.24, 2.45) is 0 Å². The molecule has 0 aliphatic carbocycles. The molecule has 0 spiro atoms. The Hall–Kier alpha value is -3.59. The van der Waals surface area contributed by atoms with Gasteiger partial charge >= 0.3 is 0 Å². The second-order valence-electron chi connectivity index (χ2n) is 6.16. The fourth-order valence-corrected chi connectivity index (χ4v) is 2.74. The third-order valence-corrected chi connectivity index (χ3v) is 3.93. The van der Waals surface area contributed by atoms with Crippen molar-refractivity contribution in [2.75, 3.05) is 0 Å². The highest BCUT2D eigenvalue weighted by atomic mass is 16.5. The molecule has 0 saturated carbocycles. The summed E-state index contributed by atoms with van der Waals surface area (Å²) in [7, 11) is 0. The van der Waals surface area contributed by atoms with E-state index in [9.17, 15) is 0 Å². The molecule has 0 bridgehead atoms. The summed E-state index contributed by atoms with van der Waals surface area (Å²) in [6, 6.07) is 13.2. The maximum Gasteiger partial charge on any atom is 0.256 e. The minimum Gasteiger partial charge on any atom is -0.502 e. The molecule has 0 unspecified atom stereocenters. The predicted molar refractivity (Wildman–Crippen MR) is 99.1 cm³/mol. The maximum absolute atomic E-state index is 7.36. The first-order valence-corrected chi connectivity index (χ1v) is 8.24. The van der Waals surface area contributed by atoms with Crippen LogP contribution in [0.3, 0.4) is 0 Å². The van der Waals surface area contributed by atoms with Crippen LogP contribution in [-0.4, -0.2) is 21.2 Å². The highest BCUT2D eigenvalue weighted by Crippen LogP contribution is 2.34. The van der Waals surface area contributed by atoms with Crippen LogP contribution in [0.15, 0.2) is 53.2 Å². The summed E-state index contributed by atoms with van der Waals surface area (Å²) in [6.07, 6.45) is 1.89. The molecule has 128 valence electrons. The Labute approximate surface area is 150 Å². The van der Waals surface area contributed by atoms with Gasteiger partial charge in [-0.05, 0) is 56.3 Å². The number of rotatable bonds is 4. The SMILES string of the molecule is [C-]#[N+]c1cc(-c2nc(-c3ccc4[nH]ccc4c3)no2)ccc1OC(C)C. The van der Waals surface area contributed by atoms with E-state index in [4.69, 9.17) is 15.8 Å². The van der Waals surface area contributed by atoms with Gasteiger partial charge in [0.2, 0.25) is 11.5 Å². The highest BCUT2D eigenvalue weighted by Gasteiger charge is 2.14. The molecule has 0 aliphatic rings. The molecule has 0 aliphatic heterocycles. The number of nitrogens with one attached hydrogen (secondary N) is 1. The van der Waals surface area contributed by atoms with Crippen molar-refractivity contribution < 1.29 is 9.26 Å². The number of ether oxygens (including phenoxy) is 1. The molecule has 2 aromatic heterocycles. The molecule has 4 rings (SSSR count). The Morgan fingerprint density at radius 1 is 1.12 bits per heavy atom. The maximum atomic E-state index is 7.36. The fraction of sp³-hybridized carbons (Fsp3) is 0.150. The molecule has 6 heteroatoms. The third-order valence-electron chi connectivity index (χ3n) is 3.93. The molecular formula is C20H16N4O2. The molecule has 26 heavy (non-hydrogen) atoms. The number of aromatic nitrogens is 3. The molecule has 4 aromatic rings. The van der Waals surface area contributed by atoms with Crippen LogP contribution in [0.1, 0.15) is 13.8 Å². The van der Waals surface area contributed by atoms with Crippen molar-refractivity contribution in [3.8, 4) is 28.6 Å². The van der Waals surface area contributed by atoms with Crippen molar-refractivity contribution in [1.29, 1.82) is 0 Å². The first-order chi connectivity index (χ1) is 12.6. The minimum atomic E-state index is -0.000273. The Morgan fingerprint density at radius 3 is 2.77 bits per heavy atom. The Bertz CT molecular complexity index is 1120. The normalized spacial score (nSPS) is 11.0. The number of benzene rings is 2. The van der Waals surface area contributed by atoms with Gasteiger partial charge in [0.15, 0.2) is 0 Å². The first kappa shape index (κ1) is 15.9. The summed E-state index contributed by atoms with van der Waals surface area (Å²) in [6.45, 7) is 11.2. The quantitative estimate of drug-likeness (QED) is 0.515. The van der Waals surface area contributed by atoms with Crippen LogP contribution in [-0.2, 0) is 0 Å². The monoisotopic (exact) mass is 344 g/mol. The standard InChI is InChI=1S/C20H16N4O2/c1-12(2)25-18-7-5-15(11-17(18)21-3)20-23-19(24-26-20)14-4-6-16-13(10-14)8-9-22-16/h4-12,22H,1-2H3. The number of H-pyrrole nitrogens is 1. The van der Waals surface area contributed by atoms with Gasteiger partial charge in [-0.25, -0.2) is 4.85 Å². The number of nitrogens with zero attached hydrogens (tertiary/aromatic N) is 3. The van der Waals surface area contributed by atoms with E-state index < -0.39 is 0 Å². The van der Waals surface area contributed by atoms with E-state index in [1.807, 2.05) is 50.4 Å². The average molecular weight is 344 g/mol. The third kappa shape index (κ3) is 2.91. The molecule has 2 aromatic carbocycles. The number of fused-ring (bicyclic) bond motifs is 1. The molecule has 0 atom stereocenters. The lowest BCUT2D eigenvalue weighted by Crippen LogP contribution is -2.05. The average Bonchev–Trinajstić information content (AvgIpc) is 3.30. The number of hydrogen-bond acceptors (Lipinski definition) is 4. The van der Waals surface area contributed by atoms with E-state index in [1.54, 1.807) is 12.1 Å². The molecule has 0 fully saturated rings. The van der Waals surface area contributed by atoms with E-state index in [0.29, 0.717) is 28.7 Å². The summed E-state index contributed by atoms with van der Waals surface area (Å²) in [5.74, 6) is 1.43. The van der Waals surface area contributed by atoms with Gasteiger partial charge in [0.1, 0.15) is 5.75 Å². The second-order valence-corrected chi connectivity index (χ2v) is 6.16. The zero-order valence-corrected chi connectivity index (χ0v) is 14.4. The Kier molecular flexibility index (Phi) is 3.90. The minimum absolute atomic E-state index is 0.000273. The van der Waals surface area contributed by atoms with Gasteiger partial charge in [-0.15, -0.1) is 0 Å². The van der Waals surface area contributed by atoms with Gasteiger partial charge in [-0.1, -0.05) is 5.16 Å². The molecule has 2 heterocycles. The highest BCUT2D eigenvalue weighted by molar-refractivity contribution is 5.84. The Morgan fingerprint density at radius 2 is 1.96 bits per heavy atom. The van der Waals surface area contributed by atoms with Crippen LogP contribution >= 0.6 is 0 Å². The van der Waals surface area contributed by atoms with Crippen molar-refractivity contribution in [3.05, 3.63) is 60.1 Å². The van der Waals surface area contributed by atoms with Gasteiger partial charge < -0.3 is 14.2 Å². The van der Waals surface area contributed by atoms with Crippen LogP contribution in [0.2, 0.25) is 0 Å².